The Morgan fingerprint density at radius 1 is 1.42 bits per heavy atom. The summed E-state index contributed by atoms with van der Waals surface area (Å²) in [6.45, 7) is 1.67. The van der Waals surface area contributed by atoms with Crippen molar-refractivity contribution in [1.82, 2.24) is 5.32 Å². The number of carbonyl (C=O) groups excluding carboxylic acids is 1. The zero-order chi connectivity index (χ0) is 14.6. The Kier molecular flexibility index (Phi) is 5.23. The van der Waals surface area contributed by atoms with Gasteiger partial charge in [0.1, 0.15) is 6.04 Å². The first-order valence-electron chi connectivity index (χ1n) is 5.40. The van der Waals surface area contributed by atoms with Crippen molar-refractivity contribution in [3.05, 3.63) is 34.3 Å². The van der Waals surface area contributed by atoms with Crippen LogP contribution in [0.1, 0.15) is 22.3 Å². The van der Waals surface area contributed by atoms with Gasteiger partial charge in [0.2, 0.25) is 6.43 Å². The average molecular weight is 292 g/mol. The van der Waals surface area contributed by atoms with E-state index in [1.54, 1.807) is 19.1 Å². The zero-order valence-corrected chi connectivity index (χ0v) is 10.7. The van der Waals surface area contributed by atoms with Crippen molar-refractivity contribution in [2.75, 3.05) is 0 Å². The van der Waals surface area contributed by atoms with E-state index in [2.05, 4.69) is 0 Å². The Hall–Kier alpha value is -1.69. The molecule has 1 unspecified atom stereocenters. The first-order valence-corrected chi connectivity index (χ1v) is 5.77. The average Bonchev–Trinajstić information content (AvgIpc) is 2.31. The quantitative estimate of drug-likeness (QED) is 0.876. The summed E-state index contributed by atoms with van der Waals surface area (Å²) in [5, 5.41) is 11.0. The highest BCUT2D eigenvalue weighted by Crippen LogP contribution is 2.20. The molecule has 4 nitrogen and oxygen atoms in total. The number of carboxylic acid groups (broad SMARTS) is 1. The number of nitrogens with one attached hydrogen (secondary N) is 1. The molecule has 0 fully saturated rings. The molecular formula is C12H12ClF2NO3. The number of benzene rings is 1. The third-order valence-electron chi connectivity index (χ3n) is 2.45. The maximum atomic E-state index is 12.2. The van der Waals surface area contributed by atoms with Crippen molar-refractivity contribution in [2.45, 2.75) is 25.8 Å². The SMILES string of the molecule is Cc1cccc(C(=O)NC(CC(F)F)C(=O)O)c1Cl. The molecule has 0 spiro atoms. The van der Waals surface area contributed by atoms with Gasteiger partial charge < -0.3 is 10.4 Å². The maximum Gasteiger partial charge on any atom is 0.326 e. The van der Waals surface area contributed by atoms with E-state index in [1.807, 2.05) is 5.32 Å². The van der Waals surface area contributed by atoms with Crippen LogP contribution in [0, 0.1) is 6.92 Å². The van der Waals surface area contributed by atoms with Gasteiger partial charge in [-0.1, -0.05) is 23.7 Å². The van der Waals surface area contributed by atoms with Crippen LogP contribution in [0.5, 0.6) is 0 Å². The lowest BCUT2D eigenvalue weighted by Gasteiger charge is -2.15. The summed E-state index contributed by atoms with van der Waals surface area (Å²) in [7, 11) is 0. The van der Waals surface area contributed by atoms with E-state index in [4.69, 9.17) is 16.7 Å². The fourth-order valence-electron chi connectivity index (χ4n) is 1.46. The largest absolute Gasteiger partial charge is 0.480 e. The lowest BCUT2D eigenvalue weighted by Crippen LogP contribution is -2.42. The van der Waals surface area contributed by atoms with Crippen LogP contribution in [-0.2, 0) is 4.79 Å². The molecule has 0 radical (unpaired) electrons. The summed E-state index contributed by atoms with van der Waals surface area (Å²) in [4.78, 5) is 22.6. The van der Waals surface area contributed by atoms with Crippen LogP contribution in [0.25, 0.3) is 0 Å². The molecule has 0 aliphatic rings. The number of halogens is 3. The molecule has 0 bridgehead atoms. The molecule has 0 aliphatic carbocycles. The van der Waals surface area contributed by atoms with Crippen molar-refractivity contribution < 1.29 is 23.5 Å². The molecule has 7 heteroatoms. The molecule has 1 aromatic carbocycles. The molecule has 19 heavy (non-hydrogen) atoms. The van der Waals surface area contributed by atoms with Gasteiger partial charge in [0.25, 0.3) is 5.91 Å². The van der Waals surface area contributed by atoms with Crippen molar-refractivity contribution in [3.63, 3.8) is 0 Å². The summed E-state index contributed by atoms with van der Waals surface area (Å²) in [6.07, 6.45) is -3.78. The number of amides is 1. The Labute approximate surface area is 113 Å². The van der Waals surface area contributed by atoms with Crippen molar-refractivity contribution in [2.24, 2.45) is 0 Å². The summed E-state index contributed by atoms with van der Waals surface area (Å²) in [6, 6.07) is 2.99. The van der Waals surface area contributed by atoms with Crippen molar-refractivity contribution in [3.8, 4) is 0 Å². The Morgan fingerprint density at radius 3 is 2.58 bits per heavy atom. The van der Waals surface area contributed by atoms with Crippen LogP contribution in [0.3, 0.4) is 0 Å². The topological polar surface area (TPSA) is 66.4 Å². The maximum absolute atomic E-state index is 12.2. The van der Waals surface area contributed by atoms with E-state index >= 15 is 0 Å². The third kappa shape index (κ3) is 4.17. The lowest BCUT2D eigenvalue weighted by atomic mass is 10.1. The molecule has 1 aromatic rings. The highest BCUT2D eigenvalue weighted by atomic mass is 35.5. The van der Waals surface area contributed by atoms with Gasteiger partial charge in [0.05, 0.1) is 10.6 Å². The molecular weight excluding hydrogens is 280 g/mol. The first-order chi connectivity index (χ1) is 8.82. The van der Waals surface area contributed by atoms with E-state index in [-0.39, 0.29) is 10.6 Å². The molecule has 1 rings (SSSR count). The number of hydrogen-bond acceptors (Lipinski definition) is 2. The van der Waals surface area contributed by atoms with Gasteiger partial charge in [-0.3, -0.25) is 4.79 Å². The first kappa shape index (κ1) is 15.4. The van der Waals surface area contributed by atoms with Crippen LogP contribution < -0.4 is 5.32 Å². The van der Waals surface area contributed by atoms with Gasteiger partial charge in [0, 0.05) is 6.42 Å². The Balaban J connectivity index is 2.88. The minimum Gasteiger partial charge on any atom is -0.480 e. The smallest absolute Gasteiger partial charge is 0.326 e. The second-order valence-electron chi connectivity index (χ2n) is 3.93. The zero-order valence-electron chi connectivity index (χ0n) is 9.99. The van der Waals surface area contributed by atoms with E-state index in [0.29, 0.717) is 5.56 Å². The summed E-state index contributed by atoms with van der Waals surface area (Å²) in [5.41, 5.74) is 0.692. The molecule has 0 aromatic heterocycles. The summed E-state index contributed by atoms with van der Waals surface area (Å²) >= 11 is 5.90. The molecule has 0 aliphatic heterocycles. The number of carbonyl (C=O) groups is 2. The predicted octanol–water partition coefficient (Wildman–Crippen LogP) is 2.49. The van der Waals surface area contributed by atoms with E-state index in [9.17, 15) is 18.4 Å². The second kappa shape index (κ2) is 6.47. The predicted molar refractivity (Wildman–Crippen MR) is 65.7 cm³/mol. The lowest BCUT2D eigenvalue weighted by molar-refractivity contribution is -0.140. The summed E-state index contributed by atoms with van der Waals surface area (Å²) in [5.74, 6) is -2.31. The van der Waals surface area contributed by atoms with Crippen molar-refractivity contribution >= 4 is 23.5 Å². The fraction of sp³-hybridized carbons (Fsp3) is 0.333. The van der Waals surface area contributed by atoms with Crippen LogP contribution in [0.4, 0.5) is 8.78 Å². The van der Waals surface area contributed by atoms with Gasteiger partial charge in [-0.2, -0.15) is 0 Å². The number of rotatable bonds is 5. The van der Waals surface area contributed by atoms with Gasteiger partial charge in [0.15, 0.2) is 0 Å². The molecule has 104 valence electrons. The van der Waals surface area contributed by atoms with Crippen LogP contribution in [0.15, 0.2) is 18.2 Å². The van der Waals surface area contributed by atoms with E-state index in [0.717, 1.165) is 0 Å². The van der Waals surface area contributed by atoms with Gasteiger partial charge >= 0.3 is 5.97 Å². The minimum absolute atomic E-state index is 0.0576. The molecule has 0 saturated carbocycles. The van der Waals surface area contributed by atoms with Crippen LogP contribution in [-0.4, -0.2) is 29.5 Å². The molecule has 0 heterocycles. The normalized spacial score (nSPS) is 12.3. The fourth-order valence-corrected chi connectivity index (χ4v) is 1.67. The second-order valence-corrected chi connectivity index (χ2v) is 4.31. The van der Waals surface area contributed by atoms with Gasteiger partial charge in [-0.25, -0.2) is 13.6 Å². The van der Waals surface area contributed by atoms with Crippen LogP contribution in [0.2, 0.25) is 5.02 Å². The Bertz CT molecular complexity index is 494. The number of hydrogen-bond donors (Lipinski definition) is 2. The Morgan fingerprint density at radius 2 is 2.05 bits per heavy atom. The number of carboxylic acids is 1. The molecule has 0 saturated heterocycles. The number of aryl methyl sites for hydroxylation is 1. The van der Waals surface area contributed by atoms with Crippen LogP contribution >= 0.6 is 11.6 Å². The minimum atomic E-state index is -2.82. The number of alkyl halides is 2. The molecule has 1 amide bonds. The highest BCUT2D eigenvalue weighted by Gasteiger charge is 2.25. The third-order valence-corrected chi connectivity index (χ3v) is 2.96. The van der Waals surface area contributed by atoms with E-state index in [1.165, 1.54) is 6.07 Å². The van der Waals surface area contributed by atoms with E-state index < -0.39 is 30.8 Å². The summed E-state index contributed by atoms with van der Waals surface area (Å²) < 4.78 is 24.4. The number of aliphatic carboxylic acids is 1. The standard InChI is InChI=1S/C12H12ClF2NO3/c1-6-3-2-4-7(10(6)13)11(17)16-8(12(18)19)5-9(14)15/h2-4,8-9H,5H2,1H3,(H,16,17)(H,18,19). The van der Waals surface area contributed by atoms with Gasteiger partial charge in [-0.05, 0) is 18.6 Å². The van der Waals surface area contributed by atoms with Crippen molar-refractivity contribution in [1.29, 1.82) is 0 Å². The monoisotopic (exact) mass is 291 g/mol. The van der Waals surface area contributed by atoms with Gasteiger partial charge in [-0.15, -0.1) is 0 Å². The highest BCUT2D eigenvalue weighted by molar-refractivity contribution is 6.34. The molecule has 1 atom stereocenters. The molecule has 2 N–H and O–H groups in total.